The SMILES string of the molecule is CCCCN(Cc1ccccc1C(F)(F)F)C1CCNCC1.O=C(O)C=CC(=O)O. The lowest BCUT2D eigenvalue weighted by Crippen LogP contribution is -2.43. The van der Waals surface area contributed by atoms with Gasteiger partial charge in [0.25, 0.3) is 0 Å². The van der Waals surface area contributed by atoms with Crippen molar-refractivity contribution in [1.29, 1.82) is 0 Å². The van der Waals surface area contributed by atoms with E-state index >= 15 is 0 Å². The van der Waals surface area contributed by atoms with Crippen molar-refractivity contribution in [3.05, 3.63) is 47.5 Å². The minimum Gasteiger partial charge on any atom is -0.478 e. The molecule has 0 saturated carbocycles. The molecule has 0 amide bonds. The molecule has 0 bridgehead atoms. The van der Waals surface area contributed by atoms with E-state index in [4.69, 9.17) is 10.2 Å². The zero-order valence-electron chi connectivity index (χ0n) is 17.0. The van der Waals surface area contributed by atoms with Crippen molar-refractivity contribution in [1.82, 2.24) is 10.2 Å². The monoisotopic (exact) mass is 430 g/mol. The van der Waals surface area contributed by atoms with Crippen LogP contribution in [0.1, 0.15) is 43.7 Å². The molecule has 1 heterocycles. The molecule has 168 valence electrons. The molecular weight excluding hydrogens is 401 g/mol. The fourth-order valence-corrected chi connectivity index (χ4v) is 3.22. The zero-order valence-corrected chi connectivity index (χ0v) is 17.0. The van der Waals surface area contributed by atoms with Crippen LogP contribution in [0.25, 0.3) is 0 Å². The van der Waals surface area contributed by atoms with Gasteiger partial charge in [-0.3, -0.25) is 4.90 Å². The molecule has 1 saturated heterocycles. The van der Waals surface area contributed by atoms with Crippen LogP contribution < -0.4 is 5.32 Å². The first-order valence-electron chi connectivity index (χ1n) is 9.89. The van der Waals surface area contributed by atoms with Gasteiger partial charge in [0, 0.05) is 24.7 Å². The van der Waals surface area contributed by atoms with Gasteiger partial charge in [-0.15, -0.1) is 0 Å². The van der Waals surface area contributed by atoms with Gasteiger partial charge in [0.2, 0.25) is 0 Å². The van der Waals surface area contributed by atoms with Gasteiger partial charge in [0.1, 0.15) is 0 Å². The second-order valence-corrected chi connectivity index (χ2v) is 6.97. The smallest absolute Gasteiger partial charge is 0.416 e. The van der Waals surface area contributed by atoms with E-state index in [-0.39, 0.29) is 0 Å². The minimum atomic E-state index is -4.28. The highest BCUT2D eigenvalue weighted by atomic mass is 19.4. The number of carboxylic acid groups (broad SMARTS) is 2. The Morgan fingerprint density at radius 3 is 2.20 bits per heavy atom. The Kier molecular flexibility index (Phi) is 11.1. The zero-order chi connectivity index (χ0) is 22.6. The summed E-state index contributed by atoms with van der Waals surface area (Å²) in [6.45, 7) is 5.28. The quantitative estimate of drug-likeness (QED) is 0.544. The molecule has 6 nitrogen and oxygen atoms in total. The fraction of sp³-hybridized carbons (Fsp3) is 0.524. The molecule has 1 aromatic carbocycles. The van der Waals surface area contributed by atoms with Crippen molar-refractivity contribution >= 4 is 11.9 Å². The van der Waals surface area contributed by atoms with Crippen molar-refractivity contribution in [2.24, 2.45) is 0 Å². The van der Waals surface area contributed by atoms with E-state index in [9.17, 15) is 22.8 Å². The summed E-state index contributed by atoms with van der Waals surface area (Å²) in [5, 5.41) is 18.9. The molecule has 1 aromatic rings. The van der Waals surface area contributed by atoms with Crippen LogP contribution in [-0.2, 0) is 22.3 Å². The molecule has 0 aliphatic carbocycles. The molecule has 30 heavy (non-hydrogen) atoms. The maximum Gasteiger partial charge on any atom is 0.416 e. The lowest BCUT2D eigenvalue weighted by Gasteiger charge is -2.35. The predicted molar refractivity (Wildman–Crippen MR) is 107 cm³/mol. The number of unbranched alkanes of at least 4 members (excludes halogenated alkanes) is 1. The number of hydrogen-bond donors (Lipinski definition) is 3. The van der Waals surface area contributed by atoms with Gasteiger partial charge in [0.05, 0.1) is 5.56 Å². The van der Waals surface area contributed by atoms with Crippen molar-refractivity contribution in [3.8, 4) is 0 Å². The third kappa shape index (κ3) is 9.89. The van der Waals surface area contributed by atoms with Crippen molar-refractivity contribution in [3.63, 3.8) is 0 Å². The van der Waals surface area contributed by atoms with Crippen LogP contribution in [0.3, 0.4) is 0 Å². The Labute approximate surface area is 174 Å². The average molecular weight is 430 g/mol. The van der Waals surface area contributed by atoms with Gasteiger partial charge in [-0.1, -0.05) is 31.5 Å². The number of piperidine rings is 1. The topological polar surface area (TPSA) is 89.9 Å². The van der Waals surface area contributed by atoms with Crippen molar-refractivity contribution in [2.45, 2.75) is 51.4 Å². The van der Waals surface area contributed by atoms with Crippen LogP contribution in [0.5, 0.6) is 0 Å². The average Bonchev–Trinajstić information content (AvgIpc) is 2.70. The first-order valence-corrected chi connectivity index (χ1v) is 9.89. The van der Waals surface area contributed by atoms with Crippen LogP contribution in [0, 0.1) is 0 Å². The minimum absolute atomic E-state index is 0.383. The first-order chi connectivity index (χ1) is 14.1. The number of hydrogen-bond acceptors (Lipinski definition) is 4. The number of aliphatic carboxylic acids is 2. The van der Waals surface area contributed by atoms with Gasteiger partial charge in [-0.2, -0.15) is 13.2 Å². The molecular formula is C21H29F3N2O4. The second kappa shape index (κ2) is 13.0. The van der Waals surface area contributed by atoms with Crippen molar-refractivity contribution < 1.29 is 33.0 Å². The summed E-state index contributed by atoms with van der Waals surface area (Å²) in [6, 6.07) is 6.35. The highest BCUT2D eigenvalue weighted by Crippen LogP contribution is 2.33. The van der Waals surface area contributed by atoms with Crippen LogP contribution in [-0.4, -0.2) is 52.7 Å². The molecule has 1 fully saturated rings. The third-order valence-electron chi connectivity index (χ3n) is 4.69. The number of benzene rings is 1. The summed E-state index contributed by atoms with van der Waals surface area (Å²) in [6.07, 6.45) is 0.947. The van der Waals surface area contributed by atoms with Crippen LogP contribution in [0.15, 0.2) is 36.4 Å². The summed E-state index contributed by atoms with van der Waals surface area (Å²) < 4.78 is 39.5. The van der Waals surface area contributed by atoms with Crippen LogP contribution in [0.4, 0.5) is 13.2 Å². The number of rotatable bonds is 8. The van der Waals surface area contributed by atoms with E-state index in [1.54, 1.807) is 12.1 Å². The highest BCUT2D eigenvalue weighted by molar-refractivity contribution is 5.89. The van der Waals surface area contributed by atoms with E-state index in [1.807, 2.05) is 0 Å². The summed E-state index contributed by atoms with van der Waals surface area (Å²) in [7, 11) is 0. The molecule has 1 aliphatic heterocycles. The first kappa shape index (κ1) is 25.6. The number of carbonyl (C=O) groups is 2. The van der Waals surface area contributed by atoms with E-state index < -0.39 is 23.7 Å². The molecule has 3 N–H and O–H groups in total. The second-order valence-electron chi connectivity index (χ2n) is 6.97. The molecule has 0 unspecified atom stereocenters. The Morgan fingerprint density at radius 1 is 1.13 bits per heavy atom. The lowest BCUT2D eigenvalue weighted by atomic mass is 10.0. The van der Waals surface area contributed by atoms with Gasteiger partial charge >= 0.3 is 18.1 Å². The lowest BCUT2D eigenvalue weighted by molar-refractivity contribution is -0.138. The molecule has 0 aromatic heterocycles. The predicted octanol–water partition coefficient (Wildman–Crippen LogP) is 3.77. The summed E-state index contributed by atoms with van der Waals surface area (Å²) >= 11 is 0. The Hall–Kier alpha value is -2.39. The summed E-state index contributed by atoms with van der Waals surface area (Å²) in [4.78, 5) is 21.4. The van der Waals surface area contributed by atoms with Crippen LogP contribution >= 0.6 is 0 Å². The maximum atomic E-state index is 13.2. The van der Waals surface area contributed by atoms with Gasteiger partial charge < -0.3 is 15.5 Å². The fourth-order valence-electron chi connectivity index (χ4n) is 3.22. The summed E-state index contributed by atoms with van der Waals surface area (Å²) in [5.41, 5.74) is -0.102. The molecule has 2 rings (SSSR count). The third-order valence-corrected chi connectivity index (χ3v) is 4.69. The number of halogens is 3. The number of alkyl halides is 3. The van der Waals surface area contributed by atoms with Gasteiger partial charge in [0.15, 0.2) is 0 Å². The standard InChI is InChI=1S/C17H25F3N2.C4H4O4/c1-2-3-12-22(15-8-10-21-11-9-15)13-14-6-4-5-7-16(14)17(18,19)20;5-3(6)1-2-4(7)8/h4-7,15,21H,2-3,8-13H2,1H3;1-2H,(H,5,6)(H,7,8). The van der Waals surface area contributed by atoms with Gasteiger partial charge in [-0.25, -0.2) is 9.59 Å². The largest absolute Gasteiger partial charge is 0.478 e. The van der Waals surface area contributed by atoms with Gasteiger partial charge in [-0.05, 0) is 50.5 Å². The molecule has 1 aliphatic rings. The van der Waals surface area contributed by atoms with E-state index in [0.29, 0.717) is 30.3 Å². The highest BCUT2D eigenvalue weighted by Gasteiger charge is 2.33. The Balaban J connectivity index is 0.000000479. The van der Waals surface area contributed by atoms with Crippen LogP contribution in [0.2, 0.25) is 0 Å². The van der Waals surface area contributed by atoms with E-state index in [0.717, 1.165) is 45.3 Å². The molecule has 0 atom stereocenters. The summed E-state index contributed by atoms with van der Waals surface area (Å²) in [5.74, 6) is -2.51. The molecule has 9 heteroatoms. The number of carboxylic acids is 2. The molecule has 0 spiro atoms. The number of nitrogens with zero attached hydrogens (tertiary/aromatic N) is 1. The number of nitrogens with one attached hydrogen (secondary N) is 1. The van der Waals surface area contributed by atoms with E-state index in [2.05, 4.69) is 17.1 Å². The van der Waals surface area contributed by atoms with Crippen molar-refractivity contribution in [2.75, 3.05) is 19.6 Å². The van der Waals surface area contributed by atoms with E-state index in [1.165, 1.54) is 12.1 Å². The molecule has 0 radical (unpaired) electrons. The normalized spacial score (nSPS) is 15.1. The Morgan fingerprint density at radius 2 is 1.70 bits per heavy atom. The maximum absolute atomic E-state index is 13.2. The Bertz CT molecular complexity index is 686.